The molecule has 1 saturated heterocycles. The number of hydrogen-bond donors (Lipinski definition) is 1. The highest BCUT2D eigenvalue weighted by molar-refractivity contribution is 5.89. The lowest BCUT2D eigenvalue weighted by Crippen LogP contribution is -2.46. The minimum atomic E-state index is -0.876. The summed E-state index contributed by atoms with van der Waals surface area (Å²) in [5.74, 6) is 0.111. The molecule has 0 unspecified atom stereocenters. The number of ether oxygens (including phenoxy) is 2. The van der Waals surface area contributed by atoms with Crippen molar-refractivity contribution < 1.29 is 19.1 Å². The molecular formula is C30H33N5O4. The number of aromatic nitrogens is 3. The monoisotopic (exact) mass is 527 g/mol. The smallest absolute Gasteiger partial charge is 0.247 e. The number of hydrogen-bond acceptors (Lipinski definition) is 6. The Kier molecular flexibility index (Phi) is 8.17. The summed E-state index contributed by atoms with van der Waals surface area (Å²) in [5, 5.41) is 11.5. The van der Waals surface area contributed by atoms with Gasteiger partial charge in [0.1, 0.15) is 23.9 Å². The van der Waals surface area contributed by atoms with Crippen molar-refractivity contribution in [3.63, 3.8) is 0 Å². The molecule has 4 aromatic rings. The van der Waals surface area contributed by atoms with Crippen LogP contribution in [0.2, 0.25) is 0 Å². The quantitative estimate of drug-likeness (QED) is 0.337. The van der Waals surface area contributed by atoms with E-state index in [9.17, 15) is 9.59 Å². The van der Waals surface area contributed by atoms with E-state index < -0.39 is 6.04 Å². The highest BCUT2D eigenvalue weighted by Crippen LogP contribution is 2.28. The number of carbonyl (C=O) groups is 2. The summed E-state index contributed by atoms with van der Waals surface area (Å²) < 4.78 is 12.9. The summed E-state index contributed by atoms with van der Waals surface area (Å²) in [6.45, 7) is 3.18. The summed E-state index contributed by atoms with van der Waals surface area (Å²) in [4.78, 5) is 29.6. The predicted octanol–water partition coefficient (Wildman–Crippen LogP) is 3.81. The Hall–Kier alpha value is -4.24. The molecule has 0 aliphatic carbocycles. The Morgan fingerprint density at radius 3 is 2.64 bits per heavy atom. The molecule has 1 aromatic heterocycles. The van der Waals surface area contributed by atoms with Gasteiger partial charge in [0.2, 0.25) is 11.8 Å². The van der Waals surface area contributed by atoms with Gasteiger partial charge in [0.15, 0.2) is 0 Å². The minimum absolute atomic E-state index is 0.0208. The van der Waals surface area contributed by atoms with E-state index in [1.165, 1.54) is 0 Å². The zero-order valence-electron chi connectivity index (χ0n) is 22.2. The first-order valence-electron chi connectivity index (χ1n) is 13.2. The zero-order chi connectivity index (χ0) is 27.2. The topological polar surface area (TPSA) is 98.6 Å². The highest BCUT2D eigenvalue weighted by atomic mass is 16.5. The fraction of sp³-hybridized carbons (Fsp3) is 0.333. The molecule has 1 fully saturated rings. The first-order valence-corrected chi connectivity index (χ1v) is 13.2. The van der Waals surface area contributed by atoms with Gasteiger partial charge in [-0.3, -0.25) is 9.59 Å². The minimum Gasteiger partial charge on any atom is -0.496 e. The maximum atomic E-state index is 14.1. The normalized spacial score (nSPS) is 15.7. The van der Waals surface area contributed by atoms with Gasteiger partial charge in [-0.05, 0) is 43.5 Å². The maximum Gasteiger partial charge on any atom is 0.247 e. The second-order valence-electron chi connectivity index (χ2n) is 9.76. The molecule has 1 N–H and O–H groups in total. The highest BCUT2D eigenvalue weighted by Gasteiger charge is 2.33. The van der Waals surface area contributed by atoms with Gasteiger partial charge in [-0.15, -0.1) is 5.10 Å². The van der Waals surface area contributed by atoms with Gasteiger partial charge in [0.25, 0.3) is 0 Å². The third-order valence-electron chi connectivity index (χ3n) is 7.04. The third-order valence-corrected chi connectivity index (χ3v) is 7.04. The van der Waals surface area contributed by atoms with Gasteiger partial charge in [-0.1, -0.05) is 65.4 Å². The Morgan fingerprint density at radius 1 is 1.10 bits per heavy atom. The van der Waals surface area contributed by atoms with Crippen LogP contribution in [0.1, 0.15) is 35.6 Å². The van der Waals surface area contributed by atoms with Gasteiger partial charge >= 0.3 is 0 Å². The average molecular weight is 528 g/mol. The first kappa shape index (κ1) is 26.4. The summed E-state index contributed by atoms with van der Waals surface area (Å²) in [6.07, 6.45) is 1.86. The fourth-order valence-electron chi connectivity index (χ4n) is 4.93. The van der Waals surface area contributed by atoms with Crippen molar-refractivity contribution in [1.82, 2.24) is 25.2 Å². The molecule has 0 spiro atoms. The lowest BCUT2D eigenvalue weighted by Gasteiger charge is -2.32. The van der Waals surface area contributed by atoms with E-state index in [4.69, 9.17) is 9.47 Å². The lowest BCUT2D eigenvalue weighted by atomic mass is 10.0. The number of rotatable bonds is 10. The largest absolute Gasteiger partial charge is 0.496 e. The molecule has 1 aliphatic rings. The van der Waals surface area contributed by atoms with Crippen LogP contribution in [0.4, 0.5) is 0 Å². The fourth-order valence-corrected chi connectivity index (χ4v) is 4.93. The molecule has 202 valence electrons. The van der Waals surface area contributed by atoms with Crippen LogP contribution in [-0.2, 0) is 27.4 Å². The number of carbonyl (C=O) groups excluding carboxylic acids is 2. The number of nitrogens with zero attached hydrogens (tertiary/aromatic N) is 4. The van der Waals surface area contributed by atoms with Crippen molar-refractivity contribution in [2.45, 2.75) is 45.0 Å². The van der Waals surface area contributed by atoms with Gasteiger partial charge in [-0.2, -0.15) is 0 Å². The average Bonchev–Trinajstić information content (AvgIpc) is 3.63. The molecule has 5 rings (SSSR count). The second-order valence-corrected chi connectivity index (χ2v) is 9.76. The standard InChI is InChI=1S/C30H33N5O4/c1-21-13-15-22(16-14-21)29(30(37)31-18-24-9-7-17-39-24)34(19-23-8-3-6-12-27(23)38-2)28(36)20-35-26-11-5-4-10-25(26)32-33-35/h3-6,8,10-16,24,29H,7,9,17-20H2,1-2H3,(H,31,37)/t24-,29-/m0/s1. The van der Waals surface area contributed by atoms with Gasteiger partial charge in [-0.25, -0.2) is 4.68 Å². The first-order chi connectivity index (χ1) is 19.0. The van der Waals surface area contributed by atoms with E-state index in [0.717, 1.165) is 35.0 Å². The molecule has 39 heavy (non-hydrogen) atoms. The van der Waals surface area contributed by atoms with Crippen molar-refractivity contribution in [2.24, 2.45) is 0 Å². The number of para-hydroxylation sites is 2. The molecule has 0 radical (unpaired) electrons. The van der Waals surface area contributed by atoms with Crippen molar-refractivity contribution in [3.8, 4) is 5.75 Å². The number of amides is 2. The number of methoxy groups -OCH3 is 1. The van der Waals surface area contributed by atoms with Gasteiger partial charge in [0, 0.05) is 18.7 Å². The Bertz CT molecular complexity index is 1430. The molecule has 2 heterocycles. The van der Waals surface area contributed by atoms with E-state index in [2.05, 4.69) is 15.6 Å². The molecule has 3 aromatic carbocycles. The second kappa shape index (κ2) is 12.1. The molecule has 0 bridgehead atoms. The number of benzene rings is 3. The van der Waals surface area contributed by atoms with Crippen LogP contribution in [0.5, 0.6) is 5.75 Å². The van der Waals surface area contributed by atoms with Crippen LogP contribution in [0, 0.1) is 6.92 Å². The molecule has 0 saturated carbocycles. The Balaban J connectivity index is 1.51. The zero-order valence-corrected chi connectivity index (χ0v) is 22.2. The van der Waals surface area contributed by atoms with E-state index >= 15 is 0 Å². The van der Waals surface area contributed by atoms with E-state index in [1.54, 1.807) is 16.7 Å². The third kappa shape index (κ3) is 6.09. The molecule has 2 amide bonds. The molecule has 2 atom stereocenters. The van der Waals surface area contributed by atoms with Crippen LogP contribution in [-0.4, -0.2) is 58.1 Å². The molecular weight excluding hydrogens is 494 g/mol. The van der Waals surface area contributed by atoms with Crippen molar-refractivity contribution in [3.05, 3.63) is 89.5 Å². The molecule has 9 nitrogen and oxygen atoms in total. The van der Waals surface area contributed by atoms with Crippen molar-refractivity contribution >= 4 is 22.8 Å². The molecule has 1 aliphatic heterocycles. The number of fused-ring (bicyclic) bond motifs is 1. The SMILES string of the molecule is COc1ccccc1CN(C(=O)Cn1nnc2ccccc21)[C@H](C(=O)NC[C@@H]1CCCO1)c1ccc(C)cc1. The van der Waals surface area contributed by atoms with E-state index in [1.807, 2.05) is 79.7 Å². The maximum absolute atomic E-state index is 14.1. The summed E-state index contributed by atoms with van der Waals surface area (Å²) in [7, 11) is 1.60. The van der Waals surface area contributed by atoms with Gasteiger partial charge in [0.05, 0.1) is 25.3 Å². The summed E-state index contributed by atoms with van der Waals surface area (Å²) in [6, 6.07) is 21.8. The summed E-state index contributed by atoms with van der Waals surface area (Å²) >= 11 is 0. The van der Waals surface area contributed by atoms with Gasteiger partial charge < -0.3 is 19.7 Å². The number of nitrogens with one attached hydrogen (secondary N) is 1. The van der Waals surface area contributed by atoms with Crippen LogP contribution >= 0.6 is 0 Å². The van der Waals surface area contributed by atoms with Crippen LogP contribution < -0.4 is 10.1 Å². The molecule has 9 heteroatoms. The van der Waals surface area contributed by atoms with Crippen LogP contribution in [0.15, 0.2) is 72.8 Å². The van der Waals surface area contributed by atoms with Crippen molar-refractivity contribution in [1.29, 1.82) is 0 Å². The lowest BCUT2D eigenvalue weighted by molar-refractivity contribution is -0.142. The van der Waals surface area contributed by atoms with Crippen LogP contribution in [0.3, 0.4) is 0 Å². The van der Waals surface area contributed by atoms with Crippen molar-refractivity contribution in [2.75, 3.05) is 20.3 Å². The summed E-state index contributed by atoms with van der Waals surface area (Å²) in [5.41, 5.74) is 4.02. The Labute approximate surface area is 227 Å². The van der Waals surface area contributed by atoms with E-state index in [0.29, 0.717) is 24.4 Å². The Morgan fingerprint density at radius 2 is 1.87 bits per heavy atom. The van der Waals surface area contributed by atoms with E-state index in [-0.39, 0.29) is 31.0 Å². The predicted molar refractivity (Wildman–Crippen MR) is 147 cm³/mol. The van der Waals surface area contributed by atoms with Crippen LogP contribution in [0.25, 0.3) is 11.0 Å². The number of aryl methyl sites for hydroxylation is 1.